The molecule has 22 heavy (non-hydrogen) atoms. The van der Waals surface area contributed by atoms with E-state index in [4.69, 9.17) is 4.98 Å². The number of hydrogen-bond donors (Lipinski definition) is 1. The van der Waals surface area contributed by atoms with Crippen molar-refractivity contribution in [3.63, 3.8) is 0 Å². The van der Waals surface area contributed by atoms with Gasteiger partial charge in [0.1, 0.15) is 5.01 Å². The van der Waals surface area contributed by atoms with Crippen LogP contribution in [-0.2, 0) is 0 Å². The zero-order valence-electron chi connectivity index (χ0n) is 11.7. The zero-order chi connectivity index (χ0) is 14.5. The van der Waals surface area contributed by atoms with Crippen molar-refractivity contribution >= 4 is 43.4 Å². The number of fused-ring (bicyclic) bond motifs is 5. The van der Waals surface area contributed by atoms with E-state index in [2.05, 4.69) is 65.6 Å². The molecule has 3 heteroatoms. The quantitative estimate of drug-likeness (QED) is 0.429. The van der Waals surface area contributed by atoms with E-state index in [1.165, 1.54) is 32.1 Å². The van der Waals surface area contributed by atoms with Crippen molar-refractivity contribution in [3.8, 4) is 10.6 Å². The van der Waals surface area contributed by atoms with Gasteiger partial charge in [0.05, 0.1) is 10.2 Å². The normalized spacial score (nSPS) is 11.6. The minimum Gasteiger partial charge on any atom is -0.354 e. The van der Waals surface area contributed by atoms with Crippen molar-refractivity contribution in [2.24, 2.45) is 0 Å². The van der Waals surface area contributed by atoms with Crippen molar-refractivity contribution in [1.29, 1.82) is 0 Å². The summed E-state index contributed by atoms with van der Waals surface area (Å²) in [5, 5.41) is 3.63. The molecule has 5 rings (SSSR count). The molecule has 0 radical (unpaired) electrons. The first kappa shape index (κ1) is 12.0. The number of nitrogens with one attached hydrogen (secondary N) is 1. The first-order valence-corrected chi connectivity index (χ1v) is 8.07. The average Bonchev–Trinajstić information content (AvgIpc) is 3.16. The van der Waals surface area contributed by atoms with Gasteiger partial charge in [0.2, 0.25) is 0 Å². The summed E-state index contributed by atoms with van der Waals surface area (Å²) < 4.78 is 1.26. The molecule has 0 amide bonds. The molecule has 0 saturated carbocycles. The third kappa shape index (κ3) is 1.63. The van der Waals surface area contributed by atoms with E-state index < -0.39 is 0 Å². The molecule has 0 aliphatic rings. The van der Waals surface area contributed by atoms with E-state index in [1.54, 1.807) is 11.3 Å². The molecule has 0 unspecified atom stereocenters. The molecule has 3 aromatic carbocycles. The largest absolute Gasteiger partial charge is 0.354 e. The molecular formula is C19H12N2S. The van der Waals surface area contributed by atoms with Crippen LogP contribution in [0.5, 0.6) is 0 Å². The summed E-state index contributed by atoms with van der Waals surface area (Å²) in [7, 11) is 0. The van der Waals surface area contributed by atoms with Gasteiger partial charge in [-0.25, -0.2) is 4.98 Å². The van der Waals surface area contributed by atoms with E-state index in [9.17, 15) is 0 Å². The second kappa shape index (κ2) is 4.42. The van der Waals surface area contributed by atoms with E-state index in [0.717, 1.165) is 10.5 Å². The standard InChI is InChI=1S/C19H12N2S/c1-2-6-12(7-3-1)19-21-16-11-10-15-17(18(16)22-19)13-8-4-5-9-14(13)20-15/h1-11,20H. The Bertz CT molecular complexity index is 1120. The van der Waals surface area contributed by atoms with Crippen LogP contribution in [0.4, 0.5) is 0 Å². The fraction of sp³-hybridized carbons (Fsp3) is 0. The van der Waals surface area contributed by atoms with Gasteiger partial charge in [-0.1, -0.05) is 48.5 Å². The minimum absolute atomic E-state index is 1.07. The van der Waals surface area contributed by atoms with Gasteiger partial charge in [-0.2, -0.15) is 0 Å². The molecule has 2 nitrogen and oxygen atoms in total. The van der Waals surface area contributed by atoms with E-state index in [-0.39, 0.29) is 0 Å². The Labute approximate surface area is 131 Å². The minimum atomic E-state index is 1.07. The van der Waals surface area contributed by atoms with Gasteiger partial charge in [-0.05, 0) is 18.2 Å². The number of H-pyrrole nitrogens is 1. The summed E-state index contributed by atoms with van der Waals surface area (Å²) >= 11 is 1.77. The highest BCUT2D eigenvalue weighted by atomic mass is 32.1. The third-order valence-electron chi connectivity index (χ3n) is 4.04. The second-order valence-corrected chi connectivity index (χ2v) is 6.39. The lowest BCUT2D eigenvalue weighted by Crippen LogP contribution is -1.73. The number of aromatic nitrogens is 2. The number of aromatic amines is 1. The molecule has 0 saturated heterocycles. The molecule has 2 aromatic heterocycles. The summed E-state index contributed by atoms with van der Waals surface area (Å²) in [5.41, 5.74) is 4.61. The van der Waals surface area contributed by atoms with Crippen LogP contribution in [0.1, 0.15) is 0 Å². The van der Waals surface area contributed by atoms with Gasteiger partial charge >= 0.3 is 0 Å². The molecule has 0 spiro atoms. The predicted molar refractivity (Wildman–Crippen MR) is 94.4 cm³/mol. The molecule has 0 fully saturated rings. The summed E-state index contributed by atoms with van der Waals surface area (Å²) in [6.45, 7) is 0. The number of thiazole rings is 1. The lowest BCUT2D eigenvalue weighted by atomic mass is 10.1. The molecule has 0 atom stereocenters. The van der Waals surface area contributed by atoms with Crippen LogP contribution in [0.3, 0.4) is 0 Å². The van der Waals surface area contributed by atoms with E-state index >= 15 is 0 Å². The second-order valence-electron chi connectivity index (χ2n) is 5.39. The molecule has 2 heterocycles. The highest BCUT2D eigenvalue weighted by Gasteiger charge is 2.12. The number of hydrogen-bond acceptors (Lipinski definition) is 2. The van der Waals surface area contributed by atoms with Gasteiger partial charge in [0, 0.05) is 27.4 Å². The number of nitrogens with zero attached hydrogens (tertiary/aromatic N) is 1. The van der Waals surface area contributed by atoms with Gasteiger partial charge in [-0.15, -0.1) is 11.3 Å². The average molecular weight is 300 g/mol. The molecule has 1 N–H and O–H groups in total. The number of rotatable bonds is 1. The zero-order valence-corrected chi connectivity index (χ0v) is 12.5. The SMILES string of the molecule is c1ccc(-c2nc3ccc4[nH]c5ccccc5c4c3s2)cc1. The van der Waals surface area contributed by atoms with E-state index in [0.29, 0.717) is 0 Å². The fourth-order valence-corrected chi connectivity index (χ4v) is 4.15. The Kier molecular flexibility index (Phi) is 2.40. The Balaban J connectivity index is 1.90. The highest BCUT2D eigenvalue weighted by molar-refractivity contribution is 7.22. The van der Waals surface area contributed by atoms with Gasteiger partial charge in [-0.3, -0.25) is 0 Å². The monoisotopic (exact) mass is 300 g/mol. The Morgan fingerprint density at radius 2 is 1.59 bits per heavy atom. The highest BCUT2D eigenvalue weighted by Crippen LogP contribution is 2.38. The Hall–Kier alpha value is -2.65. The van der Waals surface area contributed by atoms with Crippen molar-refractivity contribution in [1.82, 2.24) is 9.97 Å². The summed E-state index contributed by atoms with van der Waals surface area (Å²) in [6.07, 6.45) is 0. The lowest BCUT2D eigenvalue weighted by molar-refractivity contribution is 1.48. The maximum absolute atomic E-state index is 4.82. The van der Waals surface area contributed by atoms with Crippen LogP contribution in [-0.4, -0.2) is 9.97 Å². The van der Waals surface area contributed by atoms with Crippen LogP contribution in [0.25, 0.3) is 42.6 Å². The van der Waals surface area contributed by atoms with Gasteiger partial charge in [0.25, 0.3) is 0 Å². The smallest absolute Gasteiger partial charge is 0.124 e. The molecule has 0 aliphatic heterocycles. The first-order valence-electron chi connectivity index (χ1n) is 7.25. The van der Waals surface area contributed by atoms with Gasteiger partial charge < -0.3 is 4.98 Å². The number of benzene rings is 3. The molecule has 5 aromatic rings. The molecule has 0 bridgehead atoms. The third-order valence-corrected chi connectivity index (χ3v) is 5.18. The topological polar surface area (TPSA) is 28.7 Å². The molecule has 0 aliphatic carbocycles. The lowest BCUT2D eigenvalue weighted by Gasteiger charge is -1.92. The van der Waals surface area contributed by atoms with Crippen LogP contribution in [0, 0.1) is 0 Å². The Morgan fingerprint density at radius 1 is 0.773 bits per heavy atom. The van der Waals surface area contributed by atoms with Crippen molar-refractivity contribution in [2.75, 3.05) is 0 Å². The van der Waals surface area contributed by atoms with Gasteiger partial charge in [0.15, 0.2) is 0 Å². The summed E-state index contributed by atoms with van der Waals surface area (Å²) in [5.74, 6) is 0. The van der Waals surface area contributed by atoms with Crippen LogP contribution >= 0.6 is 11.3 Å². The number of para-hydroxylation sites is 1. The maximum Gasteiger partial charge on any atom is 0.124 e. The predicted octanol–water partition coefficient (Wildman–Crippen LogP) is 5.60. The van der Waals surface area contributed by atoms with E-state index in [1.807, 2.05) is 6.07 Å². The summed E-state index contributed by atoms with van der Waals surface area (Å²) in [6, 6.07) is 23.1. The van der Waals surface area contributed by atoms with Crippen molar-refractivity contribution in [3.05, 3.63) is 66.7 Å². The van der Waals surface area contributed by atoms with Crippen LogP contribution in [0.2, 0.25) is 0 Å². The fourth-order valence-electron chi connectivity index (χ4n) is 3.02. The maximum atomic E-state index is 4.82. The van der Waals surface area contributed by atoms with Crippen molar-refractivity contribution in [2.45, 2.75) is 0 Å². The van der Waals surface area contributed by atoms with Crippen LogP contribution < -0.4 is 0 Å². The molecular weight excluding hydrogens is 288 g/mol. The Morgan fingerprint density at radius 3 is 2.50 bits per heavy atom. The molecule has 104 valence electrons. The summed E-state index contributed by atoms with van der Waals surface area (Å²) in [4.78, 5) is 8.32. The first-order chi connectivity index (χ1) is 10.9. The van der Waals surface area contributed by atoms with Crippen molar-refractivity contribution < 1.29 is 0 Å². The van der Waals surface area contributed by atoms with Crippen LogP contribution in [0.15, 0.2) is 66.7 Å².